The first kappa shape index (κ1) is 12.3. The first-order valence-electron chi connectivity index (χ1n) is 4.83. The highest BCUT2D eigenvalue weighted by Crippen LogP contribution is 2.42. The Bertz CT molecular complexity index is 635. The van der Waals surface area contributed by atoms with Gasteiger partial charge in [-0.05, 0) is 18.6 Å². The van der Waals surface area contributed by atoms with Crippen molar-refractivity contribution in [3.63, 3.8) is 0 Å². The number of benzene rings is 1. The van der Waals surface area contributed by atoms with Gasteiger partial charge in [0.05, 0.1) is 5.02 Å². The Hall–Kier alpha value is -2.21. The van der Waals surface area contributed by atoms with E-state index in [1.165, 1.54) is 12.1 Å². The largest absolute Gasteiger partial charge is 0.504 e. The Kier molecular flexibility index (Phi) is 2.88. The van der Waals surface area contributed by atoms with Crippen LogP contribution in [0, 0.1) is 6.92 Å². The molecule has 1 heterocycles. The van der Waals surface area contributed by atoms with Crippen molar-refractivity contribution in [3.05, 3.63) is 28.5 Å². The molecule has 0 amide bonds. The van der Waals surface area contributed by atoms with Crippen molar-refractivity contribution in [1.29, 1.82) is 0 Å². The first-order valence-corrected chi connectivity index (χ1v) is 5.21. The molecule has 0 unspecified atom stereocenters. The summed E-state index contributed by atoms with van der Waals surface area (Å²) in [6, 6.07) is 2.48. The van der Waals surface area contributed by atoms with Crippen LogP contribution in [-0.4, -0.2) is 26.4 Å². The van der Waals surface area contributed by atoms with Crippen molar-refractivity contribution in [1.82, 2.24) is 5.16 Å². The number of aromatic nitrogens is 1. The van der Waals surface area contributed by atoms with Crippen molar-refractivity contribution in [3.8, 4) is 22.8 Å². The van der Waals surface area contributed by atoms with E-state index in [1.54, 1.807) is 6.92 Å². The highest BCUT2D eigenvalue weighted by atomic mass is 35.5. The molecule has 18 heavy (non-hydrogen) atoms. The van der Waals surface area contributed by atoms with Gasteiger partial charge in [0, 0.05) is 11.6 Å². The van der Waals surface area contributed by atoms with Crippen LogP contribution in [0.25, 0.3) is 11.3 Å². The van der Waals surface area contributed by atoms with Crippen molar-refractivity contribution in [2.45, 2.75) is 6.92 Å². The standard InChI is InChI=1S/C11H8ClNO5/c1-4-2-6(14)10(15)9(12)8(4)5-3-7(11(16)17)18-13-5/h2-3,14-15H,1H3,(H,16,17). The average Bonchev–Trinajstić information content (AvgIpc) is 2.75. The lowest BCUT2D eigenvalue weighted by Gasteiger charge is -2.08. The number of aryl methyl sites for hydroxylation is 1. The molecule has 0 aliphatic heterocycles. The van der Waals surface area contributed by atoms with E-state index in [1.807, 2.05) is 0 Å². The number of hydrogen-bond acceptors (Lipinski definition) is 5. The second-order valence-corrected chi connectivity index (χ2v) is 4.01. The number of phenolic OH excluding ortho intramolecular Hbond substituents is 2. The third kappa shape index (κ3) is 1.86. The number of phenols is 2. The lowest BCUT2D eigenvalue weighted by Crippen LogP contribution is -1.91. The molecule has 94 valence electrons. The van der Waals surface area contributed by atoms with E-state index >= 15 is 0 Å². The summed E-state index contributed by atoms with van der Waals surface area (Å²) in [5.41, 5.74) is 1.01. The average molecular weight is 270 g/mol. The minimum Gasteiger partial charge on any atom is -0.504 e. The Morgan fingerprint density at radius 2 is 2.06 bits per heavy atom. The van der Waals surface area contributed by atoms with E-state index < -0.39 is 11.7 Å². The van der Waals surface area contributed by atoms with Gasteiger partial charge in [0.25, 0.3) is 0 Å². The zero-order valence-corrected chi connectivity index (χ0v) is 9.89. The predicted molar refractivity (Wildman–Crippen MR) is 62.0 cm³/mol. The van der Waals surface area contributed by atoms with Crippen LogP contribution in [-0.2, 0) is 0 Å². The molecule has 0 saturated carbocycles. The molecule has 3 N–H and O–H groups in total. The number of carbonyl (C=O) groups is 1. The predicted octanol–water partition coefficient (Wildman–Crippen LogP) is 2.41. The molecule has 0 saturated heterocycles. The van der Waals surface area contributed by atoms with Gasteiger partial charge in [-0.1, -0.05) is 16.8 Å². The van der Waals surface area contributed by atoms with E-state index in [2.05, 4.69) is 9.68 Å². The van der Waals surface area contributed by atoms with Crippen molar-refractivity contribution in [2.24, 2.45) is 0 Å². The highest BCUT2D eigenvalue weighted by molar-refractivity contribution is 6.35. The van der Waals surface area contributed by atoms with E-state index in [4.69, 9.17) is 16.7 Å². The number of halogens is 1. The molecule has 0 bridgehead atoms. The Balaban J connectivity index is 2.63. The number of aromatic carboxylic acids is 1. The van der Waals surface area contributed by atoms with Gasteiger partial charge >= 0.3 is 5.97 Å². The fourth-order valence-corrected chi connectivity index (χ4v) is 1.90. The van der Waals surface area contributed by atoms with Crippen molar-refractivity contribution < 1.29 is 24.6 Å². The van der Waals surface area contributed by atoms with Crippen molar-refractivity contribution in [2.75, 3.05) is 0 Å². The van der Waals surface area contributed by atoms with Crippen LogP contribution in [0.4, 0.5) is 0 Å². The quantitative estimate of drug-likeness (QED) is 0.723. The topological polar surface area (TPSA) is 104 Å². The lowest BCUT2D eigenvalue weighted by molar-refractivity contribution is 0.0652. The zero-order valence-electron chi connectivity index (χ0n) is 9.14. The normalized spacial score (nSPS) is 10.6. The van der Waals surface area contributed by atoms with Gasteiger partial charge in [0.15, 0.2) is 11.5 Å². The molecule has 0 atom stereocenters. The molecule has 2 rings (SSSR count). The minimum atomic E-state index is -1.26. The minimum absolute atomic E-state index is 0.113. The van der Waals surface area contributed by atoms with Gasteiger partial charge in [-0.3, -0.25) is 0 Å². The third-order valence-corrected chi connectivity index (χ3v) is 2.76. The number of nitrogens with zero attached hydrogens (tertiary/aromatic N) is 1. The van der Waals surface area contributed by atoms with E-state index in [9.17, 15) is 15.0 Å². The lowest BCUT2D eigenvalue weighted by atomic mass is 10.0. The van der Waals surface area contributed by atoms with E-state index in [0.717, 1.165) is 0 Å². The maximum absolute atomic E-state index is 10.7. The summed E-state index contributed by atoms with van der Waals surface area (Å²) in [7, 11) is 0. The molecule has 2 aromatic rings. The van der Waals surface area contributed by atoms with Crippen LogP contribution in [0.2, 0.25) is 5.02 Å². The molecule has 1 aromatic heterocycles. The maximum Gasteiger partial charge on any atom is 0.374 e. The Morgan fingerprint density at radius 1 is 1.39 bits per heavy atom. The van der Waals surface area contributed by atoms with Crippen LogP contribution in [0.3, 0.4) is 0 Å². The van der Waals surface area contributed by atoms with Crippen molar-refractivity contribution >= 4 is 17.6 Å². The van der Waals surface area contributed by atoms with Crippen LogP contribution in [0.5, 0.6) is 11.5 Å². The second-order valence-electron chi connectivity index (χ2n) is 3.63. The van der Waals surface area contributed by atoms with E-state index in [-0.39, 0.29) is 22.2 Å². The fraction of sp³-hybridized carbons (Fsp3) is 0.0909. The summed E-state index contributed by atoms with van der Waals surface area (Å²) < 4.78 is 4.61. The van der Waals surface area contributed by atoms with Gasteiger partial charge in [0.1, 0.15) is 5.69 Å². The van der Waals surface area contributed by atoms with Crippen LogP contribution < -0.4 is 0 Å². The molecule has 0 fully saturated rings. The molecule has 1 aromatic carbocycles. The highest BCUT2D eigenvalue weighted by Gasteiger charge is 2.20. The number of hydrogen-bond donors (Lipinski definition) is 3. The molecule has 0 aliphatic rings. The summed E-state index contributed by atoms with van der Waals surface area (Å²) in [6.07, 6.45) is 0. The van der Waals surface area contributed by atoms with Gasteiger partial charge in [-0.2, -0.15) is 0 Å². The summed E-state index contributed by atoms with van der Waals surface area (Å²) in [5, 5.41) is 31.1. The van der Waals surface area contributed by atoms with Gasteiger partial charge in [-0.15, -0.1) is 0 Å². The first-order chi connectivity index (χ1) is 8.41. The Labute approximate surface area is 106 Å². The molecule has 0 radical (unpaired) electrons. The summed E-state index contributed by atoms with van der Waals surface area (Å²) >= 11 is 5.89. The molecule has 0 aliphatic carbocycles. The molecule has 7 heteroatoms. The number of carboxylic acid groups (broad SMARTS) is 1. The van der Waals surface area contributed by atoms with Gasteiger partial charge in [0.2, 0.25) is 5.76 Å². The smallest absolute Gasteiger partial charge is 0.374 e. The van der Waals surface area contributed by atoms with Crippen LogP contribution >= 0.6 is 11.6 Å². The fourth-order valence-electron chi connectivity index (χ4n) is 1.56. The van der Waals surface area contributed by atoms with Gasteiger partial charge < -0.3 is 19.8 Å². The molecular formula is C11H8ClNO5. The number of rotatable bonds is 2. The number of aromatic hydroxyl groups is 2. The van der Waals surface area contributed by atoms with Crippen LogP contribution in [0.15, 0.2) is 16.7 Å². The molecule has 0 spiro atoms. The Morgan fingerprint density at radius 3 is 2.61 bits per heavy atom. The van der Waals surface area contributed by atoms with Gasteiger partial charge in [-0.25, -0.2) is 4.79 Å². The summed E-state index contributed by atoms with van der Waals surface area (Å²) in [6.45, 7) is 1.63. The zero-order chi connectivity index (χ0) is 13.4. The third-order valence-electron chi connectivity index (χ3n) is 2.39. The van der Waals surface area contributed by atoms with Crippen LogP contribution in [0.1, 0.15) is 16.1 Å². The number of carboxylic acids is 1. The van der Waals surface area contributed by atoms with E-state index in [0.29, 0.717) is 11.1 Å². The second kappa shape index (κ2) is 4.23. The SMILES string of the molecule is Cc1cc(O)c(O)c(Cl)c1-c1cc(C(=O)O)on1. The molecular weight excluding hydrogens is 262 g/mol. The maximum atomic E-state index is 10.7. The summed E-state index contributed by atoms with van der Waals surface area (Å²) in [4.78, 5) is 10.7. The molecule has 6 nitrogen and oxygen atoms in total. The summed E-state index contributed by atoms with van der Waals surface area (Å²) in [5.74, 6) is -2.45. The monoisotopic (exact) mass is 269 g/mol.